The number of nitrogens with zero attached hydrogens (tertiary/aromatic N) is 4. The molecular formula is C22H23ClN4O2S. The Balaban J connectivity index is 1.44. The molecule has 1 unspecified atom stereocenters. The number of benzene rings is 2. The number of ether oxygens (including phenoxy) is 1. The van der Waals surface area contributed by atoms with Crippen LogP contribution >= 0.6 is 23.4 Å². The van der Waals surface area contributed by atoms with Gasteiger partial charge in [-0.05, 0) is 55.2 Å². The number of hydrogen-bond donors (Lipinski definition) is 0. The fourth-order valence-electron chi connectivity index (χ4n) is 3.68. The minimum atomic E-state index is 0.106. The molecule has 1 aliphatic heterocycles. The Hall–Kier alpha value is -2.51. The molecule has 1 saturated heterocycles. The fraction of sp³-hybridized carbons (Fsp3) is 0.318. The smallest absolute Gasteiger partial charge is 0.233 e. The number of thioether (sulfide) groups is 1. The normalized spacial score (nSPS) is 16.1. The second-order valence-corrected chi connectivity index (χ2v) is 8.57. The monoisotopic (exact) mass is 442 g/mol. The third-order valence-electron chi connectivity index (χ3n) is 5.35. The first-order valence-electron chi connectivity index (χ1n) is 9.79. The molecule has 30 heavy (non-hydrogen) atoms. The highest BCUT2D eigenvalue weighted by atomic mass is 35.5. The van der Waals surface area contributed by atoms with E-state index in [4.69, 9.17) is 16.3 Å². The van der Waals surface area contributed by atoms with Crippen LogP contribution < -0.4 is 4.74 Å². The highest BCUT2D eigenvalue weighted by molar-refractivity contribution is 7.99. The van der Waals surface area contributed by atoms with E-state index >= 15 is 0 Å². The number of likely N-dealkylation sites (tertiary alicyclic amines) is 1. The molecule has 156 valence electrons. The van der Waals surface area contributed by atoms with Crippen LogP contribution in [0.2, 0.25) is 5.02 Å². The van der Waals surface area contributed by atoms with Crippen molar-refractivity contribution in [1.29, 1.82) is 0 Å². The molecule has 6 nitrogen and oxygen atoms in total. The Morgan fingerprint density at radius 2 is 2.07 bits per heavy atom. The Morgan fingerprint density at radius 3 is 2.80 bits per heavy atom. The lowest BCUT2D eigenvalue weighted by atomic mass is 10.0. The Labute approximate surface area is 185 Å². The third kappa shape index (κ3) is 4.32. The lowest BCUT2D eigenvalue weighted by molar-refractivity contribution is -0.129. The molecule has 0 bridgehead atoms. The zero-order valence-electron chi connectivity index (χ0n) is 16.9. The average molecular weight is 443 g/mol. The van der Waals surface area contributed by atoms with Gasteiger partial charge in [0.25, 0.3) is 0 Å². The fourth-order valence-corrected chi connectivity index (χ4v) is 4.67. The van der Waals surface area contributed by atoms with Gasteiger partial charge in [0.1, 0.15) is 12.1 Å². The van der Waals surface area contributed by atoms with Crippen molar-refractivity contribution in [1.82, 2.24) is 19.7 Å². The van der Waals surface area contributed by atoms with Crippen LogP contribution in [-0.2, 0) is 4.79 Å². The molecule has 1 atom stereocenters. The minimum absolute atomic E-state index is 0.106. The van der Waals surface area contributed by atoms with Crippen LogP contribution in [0.3, 0.4) is 0 Å². The predicted octanol–water partition coefficient (Wildman–Crippen LogP) is 4.69. The standard InChI is InChI=1S/C22H23ClN4O2S/c1-15-5-8-17(12-19(15)23)27-14-24-25-22(27)30-13-21(28)26-11-3-4-20(26)16-6-9-18(29-2)10-7-16/h5-10,12,14,20H,3-4,11,13H2,1-2H3. The van der Waals surface area contributed by atoms with Gasteiger partial charge >= 0.3 is 0 Å². The van der Waals surface area contributed by atoms with E-state index in [1.54, 1.807) is 13.4 Å². The van der Waals surface area contributed by atoms with Crippen molar-refractivity contribution >= 4 is 29.3 Å². The van der Waals surface area contributed by atoms with Gasteiger partial charge in [0, 0.05) is 11.6 Å². The van der Waals surface area contributed by atoms with Gasteiger partial charge in [-0.25, -0.2) is 0 Å². The molecular weight excluding hydrogens is 420 g/mol. The number of aromatic nitrogens is 3. The minimum Gasteiger partial charge on any atom is -0.497 e. The van der Waals surface area contributed by atoms with Crippen LogP contribution in [0.4, 0.5) is 0 Å². The molecule has 0 radical (unpaired) electrons. The van der Waals surface area contributed by atoms with Crippen LogP contribution in [0.15, 0.2) is 53.9 Å². The van der Waals surface area contributed by atoms with Gasteiger partial charge in [-0.2, -0.15) is 0 Å². The van der Waals surface area contributed by atoms with Gasteiger partial charge in [-0.1, -0.05) is 41.6 Å². The average Bonchev–Trinajstić information content (AvgIpc) is 3.44. The van der Waals surface area contributed by atoms with Crippen molar-refractivity contribution in [3.63, 3.8) is 0 Å². The summed E-state index contributed by atoms with van der Waals surface area (Å²) in [6, 6.07) is 13.9. The quantitative estimate of drug-likeness (QED) is 0.518. The summed E-state index contributed by atoms with van der Waals surface area (Å²) in [5, 5.41) is 9.56. The van der Waals surface area contributed by atoms with E-state index in [2.05, 4.69) is 10.2 Å². The van der Waals surface area contributed by atoms with Crippen molar-refractivity contribution in [2.75, 3.05) is 19.4 Å². The molecule has 3 aromatic rings. The van der Waals surface area contributed by atoms with E-state index in [0.29, 0.717) is 15.9 Å². The van der Waals surface area contributed by atoms with Crippen molar-refractivity contribution in [3.05, 3.63) is 64.9 Å². The van der Waals surface area contributed by atoms with Crippen molar-refractivity contribution in [3.8, 4) is 11.4 Å². The summed E-state index contributed by atoms with van der Waals surface area (Å²) < 4.78 is 7.10. The van der Waals surface area contributed by atoms with Crippen molar-refractivity contribution in [2.24, 2.45) is 0 Å². The summed E-state index contributed by atoms with van der Waals surface area (Å²) in [5.41, 5.74) is 3.03. The van der Waals surface area contributed by atoms with E-state index in [-0.39, 0.29) is 11.9 Å². The molecule has 2 heterocycles. The number of carbonyl (C=O) groups excluding carboxylic acids is 1. The first-order chi connectivity index (χ1) is 14.6. The Kier molecular flexibility index (Phi) is 6.29. The third-order valence-corrected chi connectivity index (χ3v) is 6.68. The lowest BCUT2D eigenvalue weighted by Crippen LogP contribution is -2.32. The molecule has 0 saturated carbocycles. The maximum atomic E-state index is 13.0. The second kappa shape index (κ2) is 9.10. The molecule has 1 fully saturated rings. The van der Waals surface area contributed by atoms with Crippen molar-refractivity contribution in [2.45, 2.75) is 31.0 Å². The van der Waals surface area contributed by atoms with E-state index in [1.165, 1.54) is 11.8 Å². The molecule has 4 rings (SSSR count). The van der Waals surface area contributed by atoms with E-state index < -0.39 is 0 Å². The molecule has 0 aliphatic carbocycles. The molecule has 0 N–H and O–H groups in total. The molecule has 1 aliphatic rings. The summed E-state index contributed by atoms with van der Waals surface area (Å²) in [6.07, 6.45) is 3.62. The lowest BCUT2D eigenvalue weighted by Gasteiger charge is -2.25. The number of hydrogen-bond acceptors (Lipinski definition) is 5. The van der Waals surface area contributed by atoms with Crippen LogP contribution in [0, 0.1) is 6.92 Å². The van der Waals surface area contributed by atoms with E-state index in [0.717, 1.165) is 42.0 Å². The second-order valence-electron chi connectivity index (χ2n) is 7.22. The summed E-state index contributed by atoms with van der Waals surface area (Å²) in [7, 11) is 1.65. The van der Waals surface area contributed by atoms with Crippen LogP contribution in [-0.4, -0.2) is 45.0 Å². The number of rotatable bonds is 6. The van der Waals surface area contributed by atoms with Gasteiger partial charge in [0.2, 0.25) is 5.91 Å². The van der Waals surface area contributed by atoms with Crippen LogP contribution in [0.5, 0.6) is 5.75 Å². The number of halogens is 1. The van der Waals surface area contributed by atoms with Crippen molar-refractivity contribution < 1.29 is 9.53 Å². The Morgan fingerprint density at radius 1 is 1.27 bits per heavy atom. The zero-order valence-corrected chi connectivity index (χ0v) is 18.5. The maximum absolute atomic E-state index is 13.0. The maximum Gasteiger partial charge on any atom is 0.233 e. The van der Waals surface area contributed by atoms with Crippen LogP contribution in [0.1, 0.15) is 30.0 Å². The summed E-state index contributed by atoms with van der Waals surface area (Å²) in [4.78, 5) is 15.0. The van der Waals surface area contributed by atoms with Gasteiger partial charge in [0.15, 0.2) is 5.16 Å². The number of methoxy groups -OCH3 is 1. The summed E-state index contributed by atoms with van der Waals surface area (Å²) in [6.45, 7) is 2.73. The number of amides is 1. The van der Waals surface area contributed by atoms with Gasteiger partial charge in [-0.15, -0.1) is 10.2 Å². The van der Waals surface area contributed by atoms with E-state index in [1.807, 2.05) is 58.9 Å². The first-order valence-corrected chi connectivity index (χ1v) is 11.2. The van der Waals surface area contributed by atoms with Gasteiger partial charge in [0.05, 0.1) is 24.6 Å². The topological polar surface area (TPSA) is 60.2 Å². The highest BCUT2D eigenvalue weighted by Crippen LogP contribution is 2.34. The molecule has 8 heteroatoms. The summed E-state index contributed by atoms with van der Waals surface area (Å²) in [5.74, 6) is 1.24. The largest absolute Gasteiger partial charge is 0.497 e. The highest BCUT2D eigenvalue weighted by Gasteiger charge is 2.30. The van der Waals surface area contributed by atoms with E-state index in [9.17, 15) is 4.79 Å². The molecule has 2 aromatic carbocycles. The van der Waals surface area contributed by atoms with Crippen LogP contribution in [0.25, 0.3) is 5.69 Å². The van der Waals surface area contributed by atoms with Gasteiger partial charge < -0.3 is 9.64 Å². The number of carbonyl (C=O) groups is 1. The summed E-state index contributed by atoms with van der Waals surface area (Å²) >= 11 is 7.65. The van der Waals surface area contributed by atoms with Gasteiger partial charge in [-0.3, -0.25) is 9.36 Å². The molecule has 1 amide bonds. The predicted molar refractivity (Wildman–Crippen MR) is 119 cm³/mol. The number of aryl methyl sites for hydroxylation is 1. The molecule has 0 spiro atoms. The Bertz CT molecular complexity index is 1040. The first kappa shape index (κ1) is 20.8. The SMILES string of the molecule is COc1ccc(C2CCCN2C(=O)CSc2nncn2-c2ccc(C)c(Cl)c2)cc1. The zero-order chi connectivity index (χ0) is 21.1. The molecule has 1 aromatic heterocycles.